The maximum absolute atomic E-state index is 12.5. The highest BCUT2D eigenvalue weighted by atomic mass is 35.5. The molecular weight excluding hydrogens is 502 g/mol. The van der Waals surface area contributed by atoms with Gasteiger partial charge in [0.15, 0.2) is 0 Å². The summed E-state index contributed by atoms with van der Waals surface area (Å²) in [4.78, 5) is 12.2. The molecule has 6 heteroatoms. The average molecular weight is 528 g/mol. The zero-order valence-corrected chi connectivity index (χ0v) is 21.8. The fourth-order valence-electron chi connectivity index (χ4n) is 4.10. The highest BCUT2D eigenvalue weighted by Crippen LogP contribution is 2.34. The summed E-state index contributed by atoms with van der Waals surface area (Å²) in [7, 11) is -4.07. The van der Waals surface area contributed by atoms with E-state index in [9.17, 15) is 13.2 Å². The molecule has 0 aliphatic rings. The minimum absolute atomic E-state index is 0.0478. The van der Waals surface area contributed by atoms with Gasteiger partial charge in [0.2, 0.25) is 0 Å². The summed E-state index contributed by atoms with van der Waals surface area (Å²) in [5.74, 6) is -0.758. The number of amides is 1. The highest BCUT2D eigenvalue weighted by molar-refractivity contribution is 7.90. The second-order valence-electron chi connectivity index (χ2n) is 8.29. The van der Waals surface area contributed by atoms with Crippen molar-refractivity contribution in [2.45, 2.75) is 18.2 Å². The zero-order chi connectivity index (χ0) is 26.3. The van der Waals surface area contributed by atoms with Gasteiger partial charge in [-0.25, -0.2) is 13.1 Å². The third kappa shape index (κ3) is 6.45. The normalized spacial score (nSPS) is 12.3. The maximum Gasteiger partial charge on any atom is 0.265 e. The van der Waals surface area contributed by atoms with Gasteiger partial charge < -0.3 is 0 Å². The first-order valence-electron chi connectivity index (χ1n) is 11.8. The van der Waals surface area contributed by atoms with Crippen molar-refractivity contribution in [3.63, 3.8) is 0 Å². The Bertz CT molecular complexity index is 1540. The lowest BCUT2D eigenvalue weighted by Crippen LogP contribution is -2.29. The molecular formula is C31H26ClNO3S. The Morgan fingerprint density at radius 3 is 1.89 bits per heavy atom. The fourth-order valence-corrected chi connectivity index (χ4v) is 5.57. The zero-order valence-electron chi connectivity index (χ0n) is 20.3. The largest absolute Gasteiger partial charge is 0.269 e. The Balaban J connectivity index is 1.60. The van der Waals surface area contributed by atoms with Gasteiger partial charge in [-0.15, -0.1) is 0 Å². The van der Waals surface area contributed by atoms with Crippen molar-refractivity contribution >= 4 is 44.8 Å². The summed E-state index contributed by atoms with van der Waals surface area (Å²) >= 11 is 5.97. The number of hydrogen-bond acceptors (Lipinski definition) is 3. The number of carbonyl (C=O) groups excluding carboxylic acids is 1. The van der Waals surface area contributed by atoms with Crippen molar-refractivity contribution in [2.75, 3.05) is 0 Å². The van der Waals surface area contributed by atoms with Crippen molar-refractivity contribution in [1.29, 1.82) is 0 Å². The first-order valence-corrected chi connectivity index (χ1v) is 13.7. The fraction of sp³-hybridized carbons (Fsp3) is 0.0645. The summed E-state index contributed by atoms with van der Waals surface area (Å²) in [6.07, 6.45) is 3.62. The van der Waals surface area contributed by atoms with E-state index in [2.05, 4.69) is 31.2 Å². The van der Waals surface area contributed by atoms with Crippen LogP contribution in [0.2, 0.25) is 5.02 Å². The van der Waals surface area contributed by atoms with E-state index in [0.29, 0.717) is 0 Å². The number of benzene rings is 4. The lowest BCUT2D eigenvalue weighted by atomic mass is 9.88. The van der Waals surface area contributed by atoms with Gasteiger partial charge in [0.05, 0.1) is 5.02 Å². The molecule has 4 nitrogen and oxygen atoms in total. The number of carbonyl (C=O) groups is 1. The summed E-state index contributed by atoms with van der Waals surface area (Å²) < 4.78 is 27.0. The third-order valence-corrected chi connectivity index (χ3v) is 7.67. The minimum Gasteiger partial charge on any atom is -0.269 e. The number of hydrogen-bond donors (Lipinski definition) is 1. The van der Waals surface area contributed by atoms with Gasteiger partial charge in [0.25, 0.3) is 15.9 Å². The van der Waals surface area contributed by atoms with E-state index in [1.54, 1.807) is 18.2 Å². The van der Waals surface area contributed by atoms with E-state index in [-0.39, 0.29) is 9.92 Å². The molecule has 4 rings (SSSR count). The van der Waals surface area contributed by atoms with Gasteiger partial charge in [-0.2, -0.15) is 0 Å². The summed E-state index contributed by atoms with van der Waals surface area (Å²) in [5.41, 5.74) is 6.49. The van der Waals surface area contributed by atoms with Gasteiger partial charge in [-0.1, -0.05) is 116 Å². The Labute approximate surface area is 223 Å². The highest BCUT2D eigenvalue weighted by Gasteiger charge is 2.19. The van der Waals surface area contributed by atoms with Gasteiger partial charge in [0, 0.05) is 6.08 Å². The predicted octanol–water partition coefficient (Wildman–Crippen LogP) is 7.23. The van der Waals surface area contributed by atoms with Crippen molar-refractivity contribution in [3.05, 3.63) is 143 Å². The Morgan fingerprint density at radius 1 is 0.757 bits per heavy atom. The number of rotatable bonds is 8. The van der Waals surface area contributed by atoms with Crippen LogP contribution in [0.1, 0.15) is 35.6 Å². The lowest BCUT2D eigenvalue weighted by Gasteiger charge is -2.16. The molecule has 4 aromatic carbocycles. The van der Waals surface area contributed by atoms with Crippen molar-refractivity contribution in [1.82, 2.24) is 4.72 Å². The SMILES string of the molecule is CCC(=C(c1ccccc1)c1ccc(C=CC(=O)NS(=O)(=O)c2ccccc2Cl)cc1)c1ccccc1. The molecule has 0 aromatic heterocycles. The molecule has 0 unspecified atom stereocenters. The molecule has 4 aromatic rings. The molecule has 0 saturated carbocycles. The van der Waals surface area contributed by atoms with Crippen LogP contribution in [0.3, 0.4) is 0 Å². The molecule has 37 heavy (non-hydrogen) atoms. The first kappa shape index (κ1) is 26.1. The topological polar surface area (TPSA) is 63.2 Å². The molecule has 0 spiro atoms. The first-order chi connectivity index (χ1) is 17.9. The second-order valence-corrected chi connectivity index (χ2v) is 10.4. The van der Waals surface area contributed by atoms with Crippen LogP contribution in [-0.4, -0.2) is 14.3 Å². The molecule has 1 amide bonds. The number of allylic oxidation sites excluding steroid dienone is 1. The van der Waals surface area contributed by atoms with Gasteiger partial charge in [0.1, 0.15) is 4.90 Å². The van der Waals surface area contributed by atoms with Crippen molar-refractivity contribution in [3.8, 4) is 0 Å². The quantitative estimate of drug-likeness (QED) is 0.194. The van der Waals surface area contributed by atoms with E-state index in [0.717, 1.165) is 28.7 Å². The third-order valence-electron chi connectivity index (χ3n) is 5.83. The van der Waals surface area contributed by atoms with Crippen molar-refractivity contribution in [2.24, 2.45) is 0 Å². The Morgan fingerprint density at radius 2 is 1.30 bits per heavy atom. The summed E-state index contributed by atoms with van der Waals surface area (Å²) in [5, 5.41) is 0.0478. The molecule has 0 bridgehead atoms. The van der Waals surface area contributed by atoms with E-state index in [1.165, 1.54) is 29.3 Å². The molecule has 0 fully saturated rings. The van der Waals surface area contributed by atoms with Crippen LogP contribution in [0.5, 0.6) is 0 Å². The number of sulfonamides is 1. The van der Waals surface area contributed by atoms with Crippen LogP contribution in [0.25, 0.3) is 17.2 Å². The number of halogens is 1. The maximum atomic E-state index is 12.5. The molecule has 0 aliphatic heterocycles. The predicted molar refractivity (Wildman–Crippen MR) is 151 cm³/mol. The summed E-state index contributed by atoms with van der Waals surface area (Å²) in [6.45, 7) is 2.15. The average Bonchev–Trinajstić information content (AvgIpc) is 2.92. The van der Waals surface area contributed by atoms with Crippen LogP contribution >= 0.6 is 11.6 Å². The van der Waals surface area contributed by atoms with Gasteiger partial charge in [-0.05, 0) is 58.0 Å². The van der Waals surface area contributed by atoms with Crippen LogP contribution in [0.4, 0.5) is 0 Å². The number of nitrogens with one attached hydrogen (secondary N) is 1. The van der Waals surface area contributed by atoms with E-state index >= 15 is 0 Å². The monoisotopic (exact) mass is 527 g/mol. The van der Waals surface area contributed by atoms with E-state index in [4.69, 9.17) is 11.6 Å². The molecule has 0 heterocycles. The summed E-state index contributed by atoms with van der Waals surface area (Å²) in [6, 6.07) is 34.4. The molecule has 0 atom stereocenters. The molecule has 1 N–H and O–H groups in total. The van der Waals surface area contributed by atoms with Gasteiger partial charge >= 0.3 is 0 Å². The van der Waals surface area contributed by atoms with Crippen molar-refractivity contribution < 1.29 is 13.2 Å². The standard InChI is InChI=1S/C31H26ClNO3S/c1-2-27(24-11-5-3-6-12-24)31(25-13-7-4-8-14-25)26-20-17-23(18-21-26)19-22-30(34)33-37(35,36)29-16-10-9-15-28(29)32/h3-22H,2H2,1H3,(H,33,34). The van der Waals surface area contributed by atoms with E-state index in [1.807, 2.05) is 65.4 Å². The van der Waals surface area contributed by atoms with Crippen LogP contribution in [0, 0.1) is 0 Å². The second kappa shape index (κ2) is 11.9. The molecule has 0 aliphatic carbocycles. The van der Waals surface area contributed by atoms with Crippen LogP contribution in [0.15, 0.2) is 120 Å². The minimum atomic E-state index is -4.07. The molecule has 0 radical (unpaired) electrons. The van der Waals surface area contributed by atoms with E-state index < -0.39 is 15.9 Å². The molecule has 186 valence electrons. The van der Waals surface area contributed by atoms with Crippen LogP contribution < -0.4 is 4.72 Å². The van der Waals surface area contributed by atoms with Crippen LogP contribution in [-0.2, 0) is 14.8 Å². The Hall–Kier alpha value is -3.93. The Kier molecular flexibility index (Phi) is 8.39. The lowest BCUT2D eigenvalue weighted by molar-refractivity contribution is -0.114. The van der Waals surface area contributed by atoms with Gasteiger partial charge in [-0.3, -0.25) is 4.79 Å². The molecule has 0 saturated heterocycles. The smallest absolute Gasteiger partial charge is 0.265 e.